The average Bonchev–Trinajstić information content (AvgIpc) is 2.39. The Morgan fingerprint density at radius 3 is 2.20 bits per heavy atom. The molecule has 4 N–H and O–H groups in total. The molecule has 0 aromatic carbocycles. The van der Waals surface area contributed by atoms with E-state index in [1.54, 1.807) is 21.0 Å². The van der Waals surface area contributed by atoms with Crippen LogP contribution in [0.25, 0.3) is 0 Å². The number of aryl methyl sites for hydroxylation is 1. The van der Waals surface area contributed by atoms with Crippen LogP contribution in [0.4, 0.5) is 5.88 Å². The molecule has 0 atom stereocenters. The molecule has 6 nitrogen and oxygen atoms in total. The Balaban J connectivity index is 3.39. The topological polar surface area (TPSA) is 103 Å². The molecule has 0 bridgehead atoms. The number of carbonyl (C=O) groups excluding carboxylic acids is 2. The van der Waals surface area contributed by atoms with E-state index in [1.165, 1.54) is 4.90 Å². The van der Waals surface area contributed by atoms with Crippen LogP contribution >= 0.6 is 0 Å². The van der Waals surface area contributed by atoms with Crippen molar-refractivity contribution in [3.8, 4) is 0 Å². The summed E-state index contributed by atoms with van der Waals surface area (Å²) in [4.78, 5) is 24.1. The van der Waals surface area contributed by atoms with Gasteiger partial charge in [-0.25, -0.2) is 0 Å². The van der Waals surface area contributed by atoms with Crippen molar-refractivity contribution < 1.29 is 14.0 Å². The predicted octanol–water partition coefficient (Wildman–Crippen LogP) is -0.0291. The summed E-state index contributed by atoms with van der Waals surface area (Å²) in [5.41, 5.74) is 10.6. The highest BCUT2D eigenvalue weighted by atomic mass is 16.4. The van der Waals surface area contributed by atoms with Crippen molar-refractivity contribution in [3.63, 3.8) is 0 Å². The maximum atomic E-state index is 11.7. The van der Waals surface area contributed by atoms with Crippen molar-refractivity contribution in [1.29, 1.82) is 0 Å². The van der Waals surface area contributed by atoms with Crippen LogP contribution in [0, 0.1) is 6.92 Å². The molecule has 0 aliphatic carbocycles. The predicted molar refractivity (Wildman–Crippen MR) is 54.4 cm³/mol. The van der Waals surface area contributed by atoms with Crippen LogP contribution in [0.15, 0.2) is 4.42 Å². The number of nitrogens with zero attached hydrogens (tertiary/aromatic N) is 1. The highest BCUT2D eigenvalue weighted by Crippen LogP contribution is 2.24. The number of furan rings is 1. The van der Waals surface area contributed by atoms with Gasteiger partial charge in [-0.3, -0.25) is 9.59 Å². The van der Waals surface area contributed by atoms with Crippen LogP contribution < -0.4 is 11.5 Å². The Hall–Kier alpha value is -1.98. The fraction of sp³-hybridized carbons (Fsp3) is 0.333. The number of nitrogens with two attached hydrogens (primary N) is 2. The summed E-state index contributed by atoms with van der Waals surface area (Å²) in [6.07, 6.45) is 0. The van der Waals surface area contributed by atoms with E-state index in [0.29, 0.717) is 5.76 Å². The zero-order valence-corrected chi connectivity index (χ0v) is 8.83. The maximum Gasteiger partial charge on any atom is 0.257 e. The van der Waals surface area contributed by atoms with Gasteiger partial charge in [-0.2, -0.15) is 0 Å². The first-order valence-electron chi connectivity index (χ1n) is 4.26. The molecule has 0 unspecified atom stereocenters. The Bertz CT molecular complexity index is 420. The Labute approximate surface area is 86.8 Å². The third-order valence-corrected chi connectivity index (χ3v) is 1.98. The standard InChI is InChI=1S/C9H13N3O3/c1-4-5(9(14)12(2)3)6(7(10)13)8(11)15-4/h11H2,1-3H3,(H2,10,13). The molecule has 1 heterocycles. The average molecular weight is 211 g/mol. The van der Waals surface area contributed by atoms with Crippen molar-refractivity contribution in [1.82, 2.24) is 4.90 Å². The zero-order chi connectivity index (χ0) is 11.7. The highest BCUT2D eigenvalue weighted by molar-refractivity contribution is 6.09. The van der Waals surface area contributed by atoms with Crippen molar-refractivity contribution in [3.05, 3.63) is 16.9 Å². The second-order valence-corrected chi connectivity index (χ2v) is 3.34. The van der Waals surface area contributed by atoms with Gasteiger partial charge in [0, 0.05) is 14.1 Å². The van der Waals surface area contributed by atoms with Gasteiger partial charge >= 0.3 is 0 Å². The van der Waals surface area contributed by atoms with E-state index in [9.17, 15) is 9.59 Å². The van der Waals surface area contributed by atoms with Gasteiger partial charge in [0.2, 0.25) is 5.88 Å². The van der Waals surface area contributed by atoms with Gasteiger partial charge in [-0.1, -0.05) is 0 Å². The van der Waals surface area contributed by atoms with E-state index >= 15 is 0 Å². The molecule has 0 radical (unpaired) electrons. The first kappa shape index (κ1) is 11.1. The highest BCUT2D eigenvalue weighted by Gasteiger charge is 2.26. The minimum absolute atomic E-state index is 0.0498. The van der Waals surface area contributed by atoms with E-state index in [4.69, 9.17) is 15.9 Å². The molecule has 15 heavy (non-hydrogen) atoms. The van der Waals surface area contributed by atoms with E-state index in [1.807, 2.05) is 0 Å². The lowest BCUT2D eigenvalue weighted by Gasteiger charge is -2.09. The smallest absolute Gasteiger partial charge is 0.257 e. The minimum Gasteiger partial charge on any atom is -0.445 e. The largest absolute Gasteiger partial charge is 0.445 e. The van der Waals surface area contributed by atoms with Crippen LogP contribution in [0.3, 0.4) is 0 Å². The second kappa shape index (κ2) is 3.64. The van der Waals surface area contributed by atoms with Gasteiger partial charge in [0.15, 0.2) is 0 Å². The first-order chi connectivity index (χ1) is 6.86. The summed E-state index contributed by atoms with van der Waals surface area (Å²) in [6, 6.07) is 0. The molecular weight excluding hydrogens is 198 g/mol. The number of rotatable bonds is 2. The van der Waals surface area contributed by atoms with E-state index < -0.39 is 5.91 Å². The molecule has 0 aliphatic rings. The van der Waals surface area contributed by atoms with E-state index in [-0.39, 0.29) is 22.9 Å². The third kappa shape index (κ3) is 1.78. The van der Waals surface area contributed by atoms with E-state index in [2.05, 4.69) is 0 Å². The van der Waals surface area contributed by atoms with Gasteiger partial charge in [-0.05, 0) is 6.92 Å². The first-order valence-corrected chi connectivity index (χ1v) is 4.26. The maximum absolute atomic E-state index is 11.7. The fourth-order valence-electron chi connectivity index (χ4n) is 1.29. The molecule has 1 rings (SSSR count). The lowest BCUT2D eigenvalue weighted by molar-refractivity contribution is 0.0819. The van der Waals surface area contributed by atoms with Crippen molar-refractivity contribution >= 4 is 17.7 Å². The molecule has 1 aromatic rings. The van der Waals surface area contributed by atoms with Crippen LogP contribution in [0.2, 0.25) is 0 Å². The number of nitrogen functional groups attached to an aromatic ring is 1. The van der Waals surface area contributed by atoms with Gasteiger partial charge in [0.05, 0.1) is 5.56 Å². The Kier molecular flexibility index (Phi) is 2.69. The second-order valence-electron chi connectivity index (χ2n) is 3.34. The molecule has 0 spiro atoms. The van der Waals surface area contributed by atoms with Crippen molar-refractivity contribution in [2.45, 2.75) is 6.92 Å². The molecule has 0 saturated heterocycles. The SMILES string of the molecule is Cc1oc(N)c(C(N)=O)c1C(=O)N(C)C. The third-order valence-electron chi connectivity index (χ3n) is 1.98. The van der Waals surface area contributed by atoms with Crippen LogP contribution in [0.5, 0.6) is 0 Å². The van der Waals surface area contributed by atoms with E-state index in [0.717, 1.165) is 0 Å². The minimum atomic E-state index is -0.769. The van der Waals surface area contributed by atoms with Crippen molar-refractivity contribution in [2.24, 2.45) is 5.73 Å². The fourth-order valence-corrected chi connectivity index (χ4v) is 1.29. The molecule has 0 saturated carbocycles. The molecule has 1 aromatic heterocycles. The lowest BCUT2D eigenvalue weighted by atomic mass is 10.1. The molecule has 0 aliphatic heterocycles. The van der Waals surface area contributed by atoms with Crippen LogP contribution in [0.1, 0.15) is 26.5 Å². The summed E-state index contributed by atoms with van der Waals surface area (Å²) in [6.45, 7) is 1.56. The summed E-state index contributed by atoms with van der Waals surface area (Å²) < 4.78 is 5.01. The Morgan fingerprint density at radius 2 is 1.80 bits per heavy atom. The number of carbonyl (C=O) groups is 2. The number of hydrogen-bond acceptors (Lipinski definition) is 4. The lowest BCUT2D eigenvalue weighted by Crippen LogP contribution is -2.25. The van der Waals surface area contributed by atoms with Gasteiger partial charge in [0.25, 0.3) is 11.8 Å². The summed E-state index contributed by atoms with van der Waals surface area (Å²) in [7, 11) is 3.13. The number of primary amides is 1. The van der Waals surface area contributed by atoms with Crippen molar-refractivity contribution in [2.75, 3.05) is 19.8 Å². The number of amides is 2. The van der Waals surface area contributed by atoms with Crippen LogP contribution in [-0.4, -0.2) is 30.8 Å². The molecule has 6 heteroatoms. The van der Waals surface area contributed by atoms with Gasteiger partial charge in [-0.15, -0.1) is 0 Å². The summed E-state index contributed by atoms with van der Waals surface area (Å²) in [5, 5.41) is 0. The zero-order valence-electron chi connectivity index (χ0n) is 8.83. The van der Waals surface area contributed by atoms with Crippen LogP contribution in [-0.2, 0) is 0 Å². The molecule has 82 valence electrons. The number of hydrogen-bond donors (Lipinski definition) is 2. The monoisotopic (exact) mass is 211 g/mol. The molecule has 0 fully saturated rings. The molecule has 2 amide bonds. The summed E-state index contributed by atoms with van der Waals surface area (Å²) >= 11 is 0. The van der Waals surface area contributed by atoms with Gasteiger partial charge < -0.3 is 20.8 Å². The Morgan fingerprint density at radius 1 is 1.27 bits per heavy atom. The quantitative estimate of drug-likeness (QED) is 0.716. The normalized spacial score (nSPS) is 10.1. The number of anilines is 1. The molecular formula is C9H13N3O3. The summed E-state index contributed by atoms with van der Waals surface area (Å²) in [5.74, 6) is -0.957. The van der Waals surface area contributed by atoms with Gasteiger partial charge in [0.1, 0.15) is 11.3 Å².